The largest absolute Gasteiger partial charge is 0.324 e. The van der Waals surface area contributed by atoms with E-state index in [1.165, 1.54) is 37.2 Å². The summed E-state index contributed by atoms with van der Waals surface area (Å²) >= 11 is 2.02. The Morgan fingerprint density at radius 2 is 2.50 bits per heavy atom. The zero-order valence-corrected chi connectivity index (χ0v) is 8.70. The molecule has 0 bridgehead atoms. The van der Waals surface area contributed by atoms with Crippen LogP contribution in [0.4, 0.5) is 0 Å². The van der Waals surface area contributed by atoms with Gasteiger partial charge in [0.2, 0.25) is 0 Å². The van der Waals surface area contributed by atoms with Crippen LogP contribution >= 0.6 is 11.8 Å². The first-order valence-electron chi connectivity index (χ1n) is 4.86. The highest BCUT2D eigenvalue weighted by molar-refractivity contribution is 7.99. The molecule has 0 heterocycles. The molecule has 1 atom stereocenters. The third-order valence-corrected chi connectivity index (χ3v) is 3.16. The highest BCUT2D eigenvalue weighted by Crippen LogP contribution is 2.21. The monoisotopic (exact) mass is 185 g/mol. The van der Waals surface area contributed by atoms with E-state index in [1.807, 2.05) is 11.8 Å². The molecule has 0 aromatic heterocycles. The van der Waals surface area contributed by atoms with Gasteiger partial charge in [0.25, 0.3) is 0 Å². The number of hydrogen-bond donors (Lipinski definition) is 1. The molecule has 0 saturated heterocycles. The first kappa shape index (κ1) is 10.1. The van der Waals surface area contributed by atoms with Crippen LogP contribution in [-0.4, -0.2) is 17.5 Å². The second-order valence-electron chi connectivity index (χ2n) is 3.33. The standard InChI is InChI=1S/C10H19NS/c1-2-12-7-6-9-4-3-5-10(11)8-9/h8,10H,2-7,11H2,1H3. The molecule has 0 amide bonds. The molecule has 0 aromatic carbocycles. The van der Waals surface area contributed by atoms with Gasteiger partial charge in [-0.05, 0) is 37.2 Å². The fraction of sp³-hybridized carbons (Fsp3) is 0.800. The van der Waals surface area contributed by atoms with Crippen molar-refractivity contribution in [2.45, 2.75) is 38.6 Å². The van der Waals surface area contributed by atoms with Crippen molar-refractivity contribution in [1.29, 1.82) is 0 Å². The Hall–Kier alpha value is 0.0500. The van der Waals surface area contributed by atoms with E-state index in [1.54, 1.807) is 5.57 Å². The van der Waals surface area contributed by atoms with Crippen molar-refractivity contribution in [2.75, 3.05) is 11.5 Å². The molecule has 1 aliphatic carbocycles. The van der Waals surface area contributed by atoms with Crippen LogP contribution in [-0.2, 0) is 0 Å². The fourth-order valence-corrected chi connectivity index (χ4v) is 2.29. The Kier molecular flexibility index (Phi) is 4.77. The minimum Gasteiger partial charge on any atom is -0.324 e. The number of rotatable bonds is 4. The summed E-state index contributed by atoms with van der Waals surface area (Å²) in [4.78, 5) is 0. The minimum atomic E-state index is 0.348. The molecule has 1 rings (SSSR count). The van der Waals surface area contributed by atoms with Crippen LogP contribution in [0.5, 0.6) is 0 Å². The van der Waals surface area contributed by atoms with E-state index < -0.39 is 0 Å². The van der Waals surface area contributed by atoms with Gasteiger partial charge in [-0.3, -0.25) is 0 Å². The first-order chi connectivity index (χ1) is 5.83. The average molecular weight is 185 g/mol. The van der Waals surface area contributed by atoms with Crippen LogP contribution in [0.1, 0.15) is 32.6 Å². The molecule has 0 aromatic rings. The summed E-state index contributed by atoms with van der Waals surface area (Å²) in [6, 6.07) is 0.348. The van der Waals surface area contributed by atoms with Gasteiger partial charge in [-0.25, -0.2) is 0 Å². The molecule has 0 saturated carbocycles. The lowest BCUT2D eigenvalue weighted by atomic mass is 9.95. The molecule has 70 valence electrons. The second kappa shape index (κ2) is 5.65. The van der Waals surface area contributed by atoms with E-state index in [4.69, 9.17) is 5.73 Å². The number of nitrogens with two attached hydrogens (primary N) is 1. The normalized spacial score (nSPS) is 23.8. The number of allylic oxidation sites excluding steroid dienone is 1. The minimum absolute atomic E-state index is 0.348. The lowest BCUT2D eigenvalue weighted by Crippen LogP contribution is -2.20. The highest BCUT2D eigenvalue weighted by Gasteiger charge is 2.08. The Labute approximate surface area is 79.8 Å². The molecular weight excluding hydrogens is 166 g/mol. The molecule has 0 radical (unpaired) electrons. The lowest BCUT2D eigenvalue weighted by molar-refractivity contribution is 0.615. The quantitative estimate of drug-likeness (QED) is 0.538. The third kappa shape index (κ3) is 3.63. The van der Waals surface area contributed by atoms with Gasteiger partial charge in [-0.1, -0.05) is 18.6 Å². The summed E-state index contributed by atoms with van der Waals surface area (Å²) in [5.74, 6) is 2.51. The molecule has 2 N–H and O–H groups in total. The highest BCUT2D eigenvalue weighted by atomic mass is 32.2. The van der Waals surface area contributed by atoms with Crippen molar-refractivity contribution in [3.8, 4) is 0 Å². The van der Waals surface area contributed by atoms with Gasteiger partial charge in [0, 0.05) is 6.04 Å². The summed E-state index contributed by atoms with van der Waals surface area (Å²) in [6.07, 6.45) is 7.30. The summed E-state index contributed by atoms with van der Waals surface area (Å²) in [5, 5.41) is 0. The Bertz CT molecular complexity index is 154. The molecule has 0 fully saturated rings. The Morgan fingerprint density at radius 1 is 1.67 bits per heavy atom. The maximum Gasteiger partial charge on any atom is 0.0226 e. The van der Waals surface area contributed by atoms with Gasteiger partial charge in [0.1, 0.15) is 0 Å². The van der Waals surface area contributed by atoms with Crippen molar-refractivity contribution in [2.24, 2.45) is 5.73 Å². The fourth-order valence-electron chi connectivity index (χ4n) is 1.59. The van der Waals surface area contributed by atoms with E-state index in [0.717, 1.165) is 0 Å². The Morgan fingerprint density at radius 3 is 3.17 bits per heavy atom. The predicted molar refractivity (Wildman–Crippen MR) is 57.5 cm³/mol. The summed E-state index contributed by atoms with van der Waals surface area (Å²) in [6.45, 7) is 2.21. The zero-order chi connectivity index (χ0) is 8.81. The van der Waals surface area contributed by atoms with Crippen LogP contribution in [0.3, 0.4) is 0 Å². The van der Waals surface area contributed by atoms with E-state index >= 15 is 0 Å². The van der Waals surface area contributed by atoms with Crippen molar-refractivity contribution in [1.82, 2.24) is 0 Å². The van der Waals surface area contributed by atoms with E-state index in [2.05, 4.69) is 13.0 Å². The molecule has 2 heteroatoms. The molecule has 1 nitrogen and oxygen atoms in total. The van der Waals surface area contributed by atoms with Crippen molar-refractivity contribution < 1.29 is 0 Å². The summed E-state index contributed by atoms with van der Waals surface area (Å²) < 4.78 is 0. The van der Waals surface area contributed by atoms with Gasteiger partial charge >= 0.3 is 0 Å². The molecule has 1 aliphatic rings. The number of thioether (sulfide) groups is 1. The first-order valence-corrected chi connectivity index (χ1v) is 6.01. The number of hydrogen-bond acceptors (Lipinski definition) is 2. The van der Waals surface area contributed by atoms with Crippen LogP contribution in [0.2, 0.25) is 0 Å². The van der Waals surface area contributed by atoms with E-state index in [9.17, 15) is 0 Å². The maximum absolute atomic E-state index is 5.85. The van der Waals surface area contributed by atoms with Crippen molar-refractivity contribution in [3.63, 3.8) is 0 Å². The molecule has 0 spiro atoms. The zero-order valence-electron chi connectivity index (χ0n) is 7.88. The maximum atomic E-state index is 5.85. The summed E-state index contributed by atoms with van der Waals surface area (Å²) in [5.41, 5.74) is 7.44. The Balaban J connectivity index is 2.21. The molecular formula is C10H19NS. The van der Waals surface area contributed by atoms with Gasteiger partial charge in [0.05, 0.1) is 0 Å². The molecule has 0 aliphatic heterocycles. The second-order valence-corrected chi connectivity index (χ2v) is 4.72. The van der Waals surface area contributed by atoms with Crippen molar-refractivity contribution in [3.05, 3.63) is 11.6 Å². The SMILES string of the molecule is CCSCCC1=CC(N)CCC1. The van der Waals surface area contributed by atoms with Gasteiger partial charge in [0.15, 0.2) is 0 Å². The van der Waals surface area contributed by atoms with Gasteiger partial charge in [-0.2, -0.15) is 11.8 Å². The molecule has 12 heavy (non-hydrogen) atoms. The van der Waals surface area contributed by atoms with Crippen LogP contribution in [0.15, 0.2) is 11.6 Å². The van der Waals surface area contributed by atoms with Crippen molar-refractivity contribution >= 4 is 11.8 Å². The van der Waals surface area contributed by atoms with Crippen LogP contribution < -0.4 is 5.73 Å². The lowest BCUT2D eigenvalue weighted by Gasteiger charge is -2.17. The van der Waals surface area contributed by atoms with Crippen LogP contribution in [0.25, 0.3) is 0 Å². The van der Waals surface area contributed by atoms with Gasteiger partial charge < -0.3 is 5.73 Å². The smallest absolute Gasteiger partial charge is 0.0226 e. The van der Waals surface area contributed by atoms with Crippen LogP contribution in [0, 0.1) is 0 Å². The average Bonchev–Trinajstić information content (AvgIpc) is 2.05. The topological polar surface area (TPSA) is 26.0 Å². The molecule has 1 unspecified atom stereocenters. The summed E-state index contributed by atoms with van der Waals surface area (Å²) in [7, 11) is 0. The van der Waals surface area contributed by atoms with E-state index in [-0.39, 0.29) is 0 Å². The van der Waals surface area contributed by atoms with Gasteiger partial charge in [-0.15, -0.1) is 0 Å². The predicted octanol–water partition coefficient (Wildman–Crippen LogP) is 2.57. The third-order valence-electron chi connectivity index (χ3n) is 2.26. The van der Waals surface area contributed by atoms with E-state index in [0.29, 0.717) is 6.04 Å².